The molecule has 2 N–H and O–H groups in total. The summed E-state index contributed by atoms with van der Waals surface area (Å²) >= 11 is 0. The highest BCUT2D eigenvalue weighted by Crippen LogP contribution is 2.29. The first kappa shape index (κ1) is 18.5. The Morgan fingerprint density at radius 2 is 1.76 bits per heavy atom. The van der Waals surface area contributed by atoms with Gasteiger partial charge in [-0.2, -0.15) is 5.10 Å². The Bertz CT molecular complexity index is 1180. The second kappa shape index (κ2) is 8.02. The molecule has 144 valence electrons. The molecule has 5 nitrogen and oxygen atoms in total. The first-order valence-corrected chi connectivity index (χ1v) is 9.43. The van der Waals surface area contributed by atoms with Gasteiger partial charge in [0.2, 0.25) is 5.91 Å². The van der Waals surface area contributed by atoms with E-state index in [0.717, 1.165) is 39.2 Å². The molecule has 4 rings (SSSR count). The standard InChI is InChI=1S/C24H22N4O/c1-17(29)25-19-9-6-10-20(15-19)28(2)21-12-13-22-23(26-27-24(22)16-21)14-11-18-7-4-3-5-8-18/h3-16H,1-2H3,(H,25,29)(H,26,27). The lowest BCUT2D eigenvalue weighted by Crippen LogP contribution is -2.11. The molecule has 29 heavy (non-hydrogen) atoms. The van der Waals surface area contributed by atoms with Gasteiger partial charge >= 0.3 is 0 Å². The maximum atomic E-state index is 11.3. The van der Waals surface area contributed by atoms with E-state index < -0.39 is 0 Å². The van der Waals surface area contributed by atoms with Crippen LogP contribution in [0.3, 0.4) is 0 Å². The van der Waals surface area contributed by atoms with Crippen molar-refractivity contribution in [3.05, 3.63) is 84.1 Å². The van der Waals surface area contributed by atoms with E-state index in [2.05, 4.69) is 56.8 Å². The van der Waals surface area contributed by atoms with E-state index in [1.165, 1.54) is 6.92 Å². The minimum atomic E-state index is -0.0835. The highest BCUT2D eigenvalue weighted by atomic mass is 16.1. The summed E-state index contributed by atoms with van der Waals surface area (Å²) in [7, 11) is 2.00. The molecule has 1 amide bonds. The second-order valence-electron chi connectivity index (χ2n) is 6.87. The number of nitrogens with zero attached hydrogens (tertiary/aromatic N) is 2. The molecule has 0 saturated heterocycles. The van der Waals surface area contributed by atoms with Crippen molar-refractivity contribution in [3.63, 3.8) is 0 Å². The number of hydrogen-bond donors (Lipinski definition) is 2. The van der Waals surface area contributed by atoms with Gasteiger partial charge in [0, 0.05) is 36.4 Å². The molecule has 0 bridgehead atoms. The van der Waals surface area contributed by atoms with Crippen molar-refractivity contribution in [2.75, 3.05) is 17.3 Å². The molecule has 1 heterocycles. The molecule has 0 aliphatic rings. The Morgan fingerprint density at radius 1 is 0.966 bits per heavy atom. The Kier molecular flexibility index (Phi) is 5.12. The minimum Gasteiger partial charge on any atom is -0.344 e. The topological polar surface area (TPSA) is 61.0 Å². The zero-order chi connectivity index (χ0) is 20.2. The van der Waals surface area contributed by atoms with Crippen LogP contribution in [0.25, 0.3) is 23.1 Å². The van der Waals surface area contributed by atoms with Crippen LogP contribution in [0, 0.1) is 0 Å². The zero-order valence-electron chi connectivity index (χ0n) is 16.4. The van der Waals surface area contributed by atoms with Crippen LogP contribution in [0.1, 0.15) is 18.2 Å². The lowest BCUT2D eigenvalue weighted by Gasteiger charge is -2.20. The van der Waals surface area contributed by atoms with Crippen molar-refractivity contribution in [2.24, 2.45) is 0 Å². The van der Waals surface area contributed by atoms with Gasteiger partial charge in [0.15, 0.2) is 0 Å². The molecule has 3 aromatic carbocycles. The molecule has 0 spiro atoms. The lowest BCUT2D eigenvalue weighted by atomic mass is 10.1. The summed E-state index contributed by atoms with van der Waals surface area (Å²) < 4.78 is 0. The maximum absolute atomic E-state index is 11.3. The molecule has 4 aromatic rings. The van der Waals surface area contributed by atoms with Crippen molar-refractivity contribution in [3.8, 4) is 0 Å². The Labute approximate surface area is 169 Å². The van der Waals surface area contributed by atoms with Crippen molar-refractivity contribution in [1.29, 1.82) is 0 Å². The molecule has 0 aliphatic heterocycles. The van der Waals surface area contributed by atoms with Gasteiger partial charge in [0.1, 0.15) is 0 Å². The quantitative estimate of drug-likeness (QED) is 0.482. The van der Waals surface area contributed by atoms with E-state index in [1.54, 1.807) is 0 Å². The summed E-state index contributed by atoms with van der Waals surface area (Å²) in [4.78, 5) is 13.4. The number of carbonyl (C=O) groups is 1. The van der Waals surface area contributed by atoms with E-state index >= 15 is 0 Å². The Morgan fingerprint density at radius 3 is 2.55 bits per heavy atom. The SMILES string of the molecule is CC(=O)Nc1cccc(N(C)c2ccc3c(C=Cc4ccccc4)n[nH]c3c2)c1. The number of carbonyl (C=O) groups excluding carboxylic acids is 1. The van der Waals surface area contributed by atoms with Gasteiger partial charge in [-0.15, -0.1) is 0 Å². The Balaban J connectivity index is 1.60. The summed E-state index contributed by atoms with van der Waals surface area (Å²) in [6.07, 6.45) is 4.08. The average molecular weight is 382 g/mol. The minimum absolute atomic E-state index is 0.0835. The lowest BCUT2D eigenvalue weighted by molar-refractivity contribution is -0.114. The third-order valence-electron chi connectivity index (χ3n) is 4.75. The van der Waals surface area contributed by atoms with E-state index in [1.807, 2.05) is 55.6 Å². The normalized spacial score (nSPS) is 11.1. The van der Waals surface area contributed by atoms with Gasteiger partial charge in [-0.05, 0) is 48.0 Å². The van der Waals surface area contributed by atoms with Gasteiger partial charge in [-0.1, -0.05) is 42.5 Å². The van der Waals surface area contributed by atoms with Crippen LogP contribution in [-0.4, -0.2) is 23.2 Å². The summed E-state index contributed by atoms with van der Waals surface area (Å²) in [6.45, 7) is 1.51. The number of anilines is 3. The van der Waals surface area contributed by atoms with E-state index in [9.17, 15) is 4.79 Å². The number of amides is 1. The summed E-state index contributed by atoms with van der Waals surface area (Å²) in [5.41, 5.74) is 5.81. The molecule has 0 aliphatic carbocycles. The predicted octanol–water partition coefficient (Wildman–Crippen LogP) is 5.46. The molecule has 0 saturated carbocycles. The van der Waals surface area contributed by atoms with E-state index in [0.29, 0.717) is 0 Å². The van der Waals surface area contributed by atoms with Crippen LogP contribution in [0.2, 0.25) is 0 Å². The number of fused-ring (bicyclic) bond motifs is 1. The summed E-state index contributed by atoms with van der Waals surface area (Å²) in [5.74, 6) is -0.0835. The highest BCUT2D eigenvalue weighted by molar-refractivity contribution is 5.92. The van der Waals surface area contributed by atoms with Crippen molar-refractivity contribution in [2.45, 2.75) is 6.92 Å². The van der Waals surface area contributed by atoms with Gasteiger partial charge < -0.3 is 10.2 Å². The first-order chi connectivity index (χ1) is 14.1. The second-order valence-corrected chi connectivity index (χ2v) is 6.87. The smallest absolute Gasteiger partial charge is 0.221 e. The van der Waals surface area contributed by atoms with Gasteiger partial charge in [0.05, 0.1) is 11.2 Å². The van der Waals surface area contributed by atoms with Crippen LogP contribution in [0.4, 0.5) is 17.1 Å². The average Bonchev–Trinajstić information content (AvgIpc) is 3.14. The van der Waals surface area contributed by atoms with E-state index in [4.69, 9.17) is 0 Å². The highest BCUT2D eigenvalue weighted by Gasteiger charge is 2.09. The van der Waals surface area contributed by atoms with Crippen LogP contribution in [0.15, 0.2) is 72.8 Å². The molecular formula is C24H22N4O. The van der Waals surface area contributed by atoms with Crippen LogP contribution in [-0.2, 0) is 4.79 Å². The van der Waals surface area contributed by atoms with Crippen molar-refractivity contribution < 1.29 is 4.79 Å². The van der Waals surface area contributed by atoms with E-state index in [-0.39, 0.29) is 5.91 Å². The number of nitrogens with one attached hydrogen (secondary N) is 2. The van der Waals surface area contributed by atoms with Crippen LogP contribution < -0.4 is 10.2 Å². The van der Waals surface area contributed by atoms with Crippen LogP contribution in [0.5, 0.6) is 0 Å². The van der Waals surface area contributed by atoms with Crippen molar-refractivity contribution in [1.82, 2.24) is 10.2 Å². The predicted molar refractivity (Wildman–Crippen MR) is 120 cm³/mol. The maximum Gasteiger partial charge on any atom is 0.221 e. The van der Waals surface area contributed by atoms with Crippen LogP contribution >= 0.6 is 0 Å². The third-order valence-corrected chi connectivity index (χ3v) is 4.75. The largest absolute Gasteiger partial charge is 0.344 e. The van der Waals surface area contributed by atoms with Gasteiger partial charge in [0.25, 0.3) is 0 Å². The first-order valence-electron chi connectivity index (χ1n) is 9.43. The molecule has 0 atom stereocenters. The number of rotatable bonds is 5. The number of benzene rings is 3. The summed E-state index contributed by atoms with van der Waals surface area (Å²) in [6, 6.07) is 24.2. The molecule has 0 fully saturated rings. The number of aromatic amines is 1. The zero-order valence-corrected chi connectivity index (χ0v) is 16.4. The Hall–Kier alpha value is -3.86. The monoisotopic (exact) mass is 382 g/mol. The fraction of sp³-hybridized carbons (Fsp3) is 0.0833. The third kappa shape index (κ3) is 4.19. The number of H-pyrrole nitrogens is 1. The molecular weight excluding hydrogens is 360 g/mol. The molecule has 5 heteroatoms. The molecule has 0 radical (unpaired) electrons. The molecule has 0 unspecified atom stereocenters. The number of aromatic nitrogens is 2. The fourth-order valence-electron chi connectivity index (χ4n) is 3.25. The molecule has 1 aromatic heterocycles. The van der Waals surface area contributed by atoms with Crippen molar-refractivity contribution >= 4 is 46.0 Å². The van der Waals surface area contributed by atoms with Gasteiger partial charge in [-0.3, -0.25) is 9.89 Å². The summed E-state index contributed by atoms with van der Waals surface area (Å²) in [5, 5.41) is 11.5. The fourth-order valence-corrected chi connectivity index (χ4v) is 3.25. The number of hydrogen-bond acceptors (Lipinski definition) is 3. The van der Waals surface area contributed by atoms with Gasteiger partial charge in [-0.25, -0.2) is 0 Å².